The van der Waals surface area contributed by atoms with E-state index in [2.05, 4.69) is 32.9 Å². The van der Waals surface area contributed by atoms with Crippen LogP contribution in [0.3, 0.4) is 0 Å². The third kappa shape index (κ3) is 2.85. The number of allylic oxidation sites excluding steroid dienone is 1. The molecule has 0 aromatic carbocycles. The summed E-state index contributed by atoms with van der Waals surface area (Å²) in [5.41, 5.74) is 0.360. The highest BCUT2D eigenvalue weighted by Gasteiger charge is 2.67. The van der Waals surface area contributed by atoms with Gasteiger partial charge in [-0.2, -0.15) is 0 Å². The zero-order valence-electron chi connectivity index (χ0n) is 18.2. The van der Waals surface area contributed by atoms with Gasteiger partial charge < -0.3 is 9.47 Å². The number of esters is 2. The molecule has 0 aliphatic heterocycles. The zero-order valence-corrected chi connectivity index (χ0v) is 18.2. The Bertz CT molecular complexity index is 713. The first-order chi connectivity index (χ1) is 13.0. The van der Waals surface area contributed by atoms with Crippen LogP contribution >= 0.6 is 0 Å². The fraction of sp³-hybridized carbons (Fsp3) is 0.833. The Morgan fingerprint density at radius 2 is 1.75 bits per heavy atom. The maximum absolute atomic E-state index is 12.0. The minimum absolute atomic E-state index is 0.0242. The van der Waals surface area contributed by atoms with Gasteiger partial charge in [0.2, 0.25) is 0 Å². The quantitative estimate of drug-likeness (QED) is 0.501. The number of carbonyl (C=O) groups is 2. The van der Waals surface area contributed by atoms with Crippen LogP contribution in [0.1, 0.15) is 79.6 Å². The summed E-state index contributed by atoms with van der Waals surface area (Å²) in [4.78, 5) is 23.6. The van der Waals surface area contributed by atoms with Crippen LogP contribution in [0.15, 0.2) is 12.2 Å². The molecule has 4 nitrogen and oxygen atoms in total. The highest BCUT2D eigenvalue weighted by atomic mass is 16.5. The Kier molecular flexibility index (Phi) is 4.52. The molecule has 0 saturated heterocycles. The van der Waals surface area contributed by atoms with Crippen molar-refractivity contribution in [2.45, 2.75) is 85.7 Å². The predicted octanol–water partition coefficient (Wildman–Crippen LogP) is 5.06. The number of ether oxygens (including phenoxy) is 2. The van der Waals surface area contributed by atoms with E-state index in [-0.39, 0.29) is 39.7 Å². The molecule has 4 heteroatoms. The topological polar surface area (TPSA) is 52.6 Å². The number of carbonyl (C=O) groups excluding carboxylic acids is 2. The number of fused-ring (bicyclic) bond motifs is 3. The Labute approximate surface area is 169 Å². The maximum Gasteiger partial charge on any atom is 0.302 e. The number of rotatable bonds is 3. The van der Waals surface area contributed by atoms with Crippen LogP contribution < -0.4 is 0 Å². The highest BCUT2D eigenvalue weighted by molar-refractivity contribution is 5.66. The Morgan fingerprint density at radius 3 is 2.43 bits per heavy atom. The summed E-state index contributed by atoms with van der Waals surface area (Å²) >= 11 is 0. The lowest BCUT2D eigenvalue weighted by molar-refractivity contribution is -0.214. The Morgan fingerprint density at radius 1 is 1.00 bits per heavy atom. The van der Waals surface area contributed by atoms with Gasteiger partial charge in [-0.15, -0.1) is 0 Å². The SMILES string of the molecule is CC(=O)OC[C@@]1(C)CCC[C@@]2(C)[C@H]3CC[C@]4(C)C=C[C@]3(C4)[C@@H](OC(C)=O)C[C@@H]12. The lowest BCUT2D eigenvalue weighted by atomic mass is 9.39. The van der Waals surface area contributed by atoms with E-state index in [9.17, 15) is 9.59 Å². The van der Waals surface area contributed by atoms with Crippen molar-refractivity contribution in [3.05, 3.63) is 12.2 Å². The van der Waals surface area contributed by atoms with Crippen LogP contribution in [-0.2, 0) is 19.1 Å². The Hall–Kier alpha value is -1.32. The molecule has 2 bridgehead atoms. The molecule has 3 fully saturated rings. The molecule has 4 aliphatic carbocycles. The van der Waals surface area contributed by atoms with Crippen molar-refractivity contribution in [1.82, 2.24) is 0 Å². The largest absolute Gasteiger partial charge is 0.465 e. The molecular formula is C24H36O4. The molecule has 0 aromatic rings. The molecule has 0 N–H and O–H groups in total. The minimum atomic E-state index is -0.204. The van der Waals surface area contributed by atoms with Crippen molar-refractivity contribution in [3.63, 3.8) is 0 Å². The molecule has 3 saturated carbocycles. The second-order valence-electron chi connectivity index (χ2n) is 11.0. The van der Waals surface area contributed by atoms with Crippen molar-refractivity contribution in [1.29, 1.82) is 0 Å². The van der Waals surface area contributed by atoms with E-state index in [1.165, 1.54) is 32.6 Å². The second-order valence-corrected chi connectivity index (χ2v) is 11.0. The molecule has 7 atom stereocenters. The van der Waals surface area contributed by atoms with E-state index in [1.54, 1.807) is 6.92 Å². The molecule has 0 unspecified atom stereocenters. The summed E-state index contributed by atoms with van der Waals surface area (Å²) in [5.74, 6) is 0.537. The monoisotopic (exact) mass is 388 g/mol. The van der Waals surface area contributed by atoms with E-state index in [4.69, 9.17) is 9.47 Å². The molecule has 0 amide bonds. The molecule has 0 aromatic heterocycles. The zero-order chi connectivity index (χ0) is 20.4. The molecule has 4 aliphatic rings. The van der Waals surface area contributed by atoms with Gasteiger partial charge in [0.25, 0.3) is 0 Å². The van der Waals surface area contributed by atoms with Crippen LogP contribution in [0.2, 0.25) is 0 Å². The van der Waals surface area contributed by atoms with Gasteiger partial charge in [0.15, 0.2) is 0 Å². The average molecular weight is 389 g/mol. The number of hydrogen-bond donors (Lipinski definition) is 0. The van der Waals surface area contributed by atoms with Gasteiger partial charge in [-0.25, -0.2) is 0 Å². The summed E-state index contributed by atoms with van der Waals surface area (Å²) in [6.07, 6.45) is 12.6. The lowest BCUT2D eigenvalue weighted by Gasteiger charge is -2.66. The highest BCUT2D eigenvalue weighted by Crippen LogP contribution is 2.72. The fourth-order valence-electron chi connectivity index (χ4n) is 7.94. The van der Waals surface area contributed by atoms with E-state index in [0.29, 0.717) is 18.4 Å². The first-order valence-corrected chi connectivity index (χ1v) is 11.0. The van der Waals surface area contributed by atoms with Gasteiger partial charge in [-0.1, -0.05) is 39.3 Å². The van der Waals surface area contributed by atoms with E-state index in [0.717, 1.165) is 19.3 Å². The summed E-state index contributed by atoms with van der Waals surface area (Å²) in [7, 11) is 0. The maximum atomic E-state index is 12.0. The molecule has 1 spiro atoms. The van der Waals surface area contributed by atoms with Gasteiger partial charge in [-0.3, -0.25) is 9.59 Å². The van der Waals surface area contributed by atoms with Gasteiger partial charge >= 0.3 is 11.9 Å². The molecule has 0 heterocycles. The van der Waals surface area contributed by atoms with Gasteiger partial charge in [-0.05, 0) is 61.2 Å². The average Bonchev–Trinajstić information content (AvgIpc) is 2.85. The summed E-state index contributed by atoms with van der Waals surface area (Å²) in [6, 6.07) is 0. The first-order valence-electron chi connectivity index (χ1n) is 11.0. The molecule has 4 rings (SSSR count). The lowest BCUT2D eigenvalue weighted by Crippen LogP contribution is -2.63. The van der Waals surface area contributed by atoms with Crippen LogP contribution in [0.25, 0.3) is 0 Å². The van der Waals surface area contributed by atoms with Crippen molar-refractivity contribution in [2.75, 3.05) is 6.61 Å². The van der Waals surface area contributed by atoms with Gasteiger partial charge in [0, 0.05) is 24.7 Å². The summed E-state index contributed by atoms with van der Waals surface area (Å²) in [5, 5.41) is 0. The smallest absolute Gasteiger partial charge is 0.302 e. The Balaban J connectivity index is 1.74. The summed E-state index contributed by atoms with van der Waals surface area (Å²) < 4.78 is 11.6. The van der Waals surface area contributed by atoms with Gasteiger partial charge in [0.1, 0.15) is 6.10 Å². The van der Waals surface area contributed by atoms with E-state index in [1.807, 2.05) is 0 Å². The standard InChI is InChI=1S/C24H36O4/c1-16(25)27-15-22(4)8-6-9-23(5)18-7-10-21(3)11-12-24(18,14-21)20(13-19(22)23)28-17(2)26/h11-12,18-20H,6-10,13-15H2,1-5H3/t18-,19+,20+,21-,22-,23+,24-/m1/s1. The van der Waals surface area contributed by atoms with Crippen LogP contribution in [-0.4, -0.2) is 24.6 Å². The van der Waals surface area contributed by atoms with Crippen LogP contribution in [0, 0.1) is 33.5 Å². The second kappa shape index (κ2) is 6.34. The van der Waals surface area contributed by atoms with Crippen LogP contribution in [0.4, 0.5) is 0 Å². The predicted molar refractivity (Wildman–Crippen MR) is 107 cm³/mol. The van der Waals surface area contributed by atoms with E-state index < -0.39 is 0 Å². The fourth-order valence-corrected chi connectivity index (χ4v) is 7.94. The molecule has 0 radical (unpaired) electrons. The van der Waals surface area contributed by atoms with Gasteiger partial charge in [0.05, 0.1) is 6.61 Å². The van der Waals surface area contributed by atoms with Crippen LogP contribution in [0.5, 0.6) is 0 Å². The van der Waals surface area contributed by atoms with Crippen molar-refractivity contribution >= 4 is 11.9 Å². The number of hydrogen-bond acceptors (Lipinski definition) is 4. The third-order valence-corrected chi connectivity index (χ3v) is 9.02. The normalized spacial score (nSPS) is 49.1. The molecule has 28 heavy (non-hydrogen) atoms. The van der Waals surface area contributed by atoms with Crippen molar-refractivity contribution < 1.29 is 19.1 Å². The summed E-state index contributed by atoms with van der Waals surface area (Å²) in [6.45, 7) is 10.6. The van der Waals surface area contributed by atoms with Crippen molar-refractivity contribution in [2.24, 2.45) is 33.5 Å². The first kappa shape index (κ1) is 20.0. The molecular weight excluding hydrogens is 352 g/mol. The van der Waals surface area contributed by atoms with Crippen molar-refractivity contribution in [3.8, 4) is 0 Å². The third-order valence-electron chi connectivity index (χ3n) is 9.02. The minimum Gasteiger partial charge on any atom is -0.465 e. The van der Waals surface area contributed by atoms with E-state index >= 15 is 0 Å². The molecule has 156 valence electrons.